The average molecular weight is 166 g/mol. The number of hydrogen-bond donors (Lipinski definition) is 2. The van der Waals surface area contributed by atoms with Crippen LogP contribution in [-0.2, 0) is 14.9 Å². The molecule has 0 saturated carbocycles. The lowest BCUT2D eigenvalue weighted by molar-refractivity contribution is -0.135. The van der Waals surface area contributed by atoms with Crippen molar-refractivity contribution in [2.75, 3.05) is 0 Å². The molecule has 1 unspecified atom stereocenters. The van der Waals surface area contributed by atoms with Crippen LogP contribution in [0.25, 0.3) is 0 Å². The summed E-state index contributed by atoms with van der Waals surface area (Å²) in [6, 6.07) is 0. The van der Waals surface area contributed by atoms with Crippen LogP contribution in [0, 0.1) is 0 Å². The van der Waals surface area contributed by atoms with Gasteiger partial charge in [0.1, 0.15) is 0 Å². The molecule has 0 fully saturated rings. The van der Waals surface area contributed by atoms with Crippen molar-refractivity contribution >= 4 is 16.1 Å². The van der Waals surface area contributed by atoms with E-state index >= 15 is 0 Å². The molecule has 0 aromatic heterocycles. The first kappa shape index (κ1) is 9.12. The van der Waals surface area contributed by atoms with E-state index in [4.69, 9.17) is 9.66 Å². The molecule has 1 atom stereocenters. The molecule has 0 radical (unpaired) electrons. The summed E-state index contributed by atoms with van der Waals surface area (Å²) in [6.07, 6.45) is 0.637. The number of hydrogen-bond acceptors (Lipinski definition) is 3. The predicted octanol–water partition coefficient (Wildman–Crippen LogP) is -0.487. The third-order valence-corrected chi connectivity index (χ3v) is 1.81. The van der Waals surface area contributed by atoms with Crippen LogP contribution in [0.3, 0.4) is 0 Å². The number of rotatable bonds is 3. The van der Waals surface area contributed by atoms with Gasteiger partial charge in [0.25, 0.3) is 10.1 Å². The van der Waals surface area contributed by atoms with Gasteiger partial charge in [0, 0.05) is 0 Å². The second kappa shape index (κ2) is 2.80. The second-order valence-electron chi connectivity index (χ2n) is 1.51. The summed E-state index contributed by atoms with van der Waals surface area (Å²) in [5.41, 5.74) is 0. The molecule has 0 heterocycles. The van der Waals surface area contributed by atoms with E-state index in [1.54, 1.807) is 0 Å². The van der Waals surface area contributed by atoms with Gasteiger partial charge in [-0.3, -0.25) is 9.35 Å². The number of aliphatic carboxylic acids is 1. The van der Waals surface area contributed by atoms with E-state index in [1.807, 2.05) is 0 Å². The fourth-order valence-electron chi connectivity index (χ4n) is 0.350. The molecule has 0 bridgehead atoms. The number of carbonyl (C=O) groups is 1. The van der Waals surface area contributed by atoms with Gasteiger partial charge in [-0.1, -0.05) is 6.08 Å². The van der Waals surface area contributed by atoms with Crippen LogP contribution in [0.2, 0.25) is 0 Å². The highest BCUT2D eigenvalue weighted by atomic mass is 32.2. The maximum Gasteiger partial charge on any atom is 0.328 e. The van der Waals surface area contributed by atoms with Gasteiger partial charge in [-0.15, -0.1) is 6.58 Å². The highest BCUT2D eigenvalue weighted by Gasteiger charge is 2.26. The molecule has 0 aromatic rings. The molecule has 2 N–H and O–H groups in total. The van der Waals surface area contributed by atoms with Crippen molar-refractivity contribution in [2.24, 2.45) is 0 Å². The highest BCUT2D eigenvalue weighted by molar-refractivity contribution is 7.87. The summed E-state index contributed by atoms with van der Waals surface area (Å²) in [6.45, 7) is 2.93. The third-order valence-electron chi connectivity index (χ3n) is 0.778. The SMILES string of the molecule is C=CC(C(=O)O)S(=O)(=O)O. The average Bonchev–Trinajstić information content (AvgIpc) is 1.60. The molecule has 0 aromatic carbocycles. The zero-order valence-corrected chi connectivity index (χ0v) is 5.71. The second-order valence-corrected chi connectivity index (χ2v) is 3.05. The van der Waals surface area contributed by atoms with E-state index in [2.05, 4.69) is 6.58 Å². The number of carboxylic acid groups (broad SMARTS) is 1. The summed E-state index contributed by atoms with van der Waals surface area (Å²) >= 11 is 0. The largest absolute Gasteiger partial charge is 0.480 e. The Morgan fingerprint density at radius 3 is 2.00 bits per heavy atom. The fraction of sp³-hybridized carbons (Fsp3) is 0.250. The molecule has 58 valence electrons. The Labute approximate surface area is 57.7 Å². The lowest BCUT2D eigenvalue weighted by Gasteiger charge is -2.00. The van der Waals surface area contributed by atoms with Crippen LogP contribution in [-0.4, -0.2) is 29.3 Å². The van der Waals surface area contributed by atoms with Gasteiger partial charge in [-0.05, 0) is 0 Å². The monoisotopic (exact) mass is 166 g/mol. The van der Waals surface area contributed by atoms with Crippen molar-refractivity contribution in [3.63, 3.8) is 0 Å². The van der Waals surface area contributed by atoms with Crippen molar-refractivity contribution in [3.8, 4) is 0 Å². The zero-order chi connectivity index (χ0) is 8.36. The van der Waals surface area contributed by atoms with Crippen LogP contribution >= 0.6 is 0 Å². The molecule has 0 aliphatic heterocycles. The quantitative estimate of drug-likeness (QED) is 0.436. The predicted molar refractivity (Wildman–Crippen MR) is 33.2 cm³/mol. The maximum atomic E-state index is 10.1. The van der Waals surface area contributed by atoms with Gasteiger partial charge in [0.2, 0.25) is 5.25 Å². The van der Waals surface area contributed by atoms with E-state index in [9.17, 15) is 13.2 Å². The fourth-order valence-corrected chi connectivity index (χ4v) is 0.848. The van der Waals surface area contributed by atoms with Gasteiger partial charge in [-0.2, -0.15) is 8.42 Å². The molecular weight excluding hydrogens is 160 g/mol. The Balaban J connectivity index is 4.72. The Morgan fingerprint density at radius 2 is 2.00 bits per heavy atom. The van der Waals surface area contributed by atoms with E-state index in [0.29, 0.717) is 6.08 Å². The van der Waals surface area contributed by atoms with Gasteiger partial charge in [0.15, 0.2) is 0 Å². The summed E-state index contributed by atoms with van der Waals surface area (Å²) in [4.78, 5) is 9.97. The van der Waals surface area contributed by atoms with Crippen LogP contribution in [0.4, 0.5) is 0 Å². The van der Waals surface area contributed by atoms with Crippen molar-refractivity contribution in [3.05, 3.63) is 12.7 Å². The third kappa shape index (κ3) is 2.16. The number of carboxylic acids is 1. The van der Waals surface area contributed by atoms with Crippen LogP contribution in [0.15, 0.2) is 12.7 Å². The molecular formula is C4H6O5S. The normalized spacial score (nSPS) is 14.1. The molecule has 0 aliphatic rings. The first-order valence-electron chi connectivity index (χ1n) is 2.21. The first-order chi connectivity index (χ1) is 4.39. The summed E-state index contributed by atoms with van der Waals surface area (Å²) in [5, 5.41) is 6.17. The van der Waals surface area contributed by atoms with Crippen molar-refractivity contribution in [2.45, 2.75) is 5.25 Å². The first-order valence-corrected chi connectivity index (χ1v) is 3.71. The van der Waals surface area contributed by atoms with Gasteiger partial charge >= 0.3 is 5.97 Å². The van der Waals surface area contributed by atoms with E-state index < -0.39 is 21.3 Å². The molecule has 0 rings (SSSR count). The van der Waals surface area contributed by atoms with Crippen molar-refractivity contribution in [1.29, 1.82) is 0 Å². The zero-order valence-electron chi connectivity index (χ0n) is 4.89. The lowest BCUT2D eigenvalue weighted by atomic mass is 10.4. The summed E-state index contributed by atoms with van der Waals surface area (Å²) < 4.78 is 28.4. The van der Waals surface area contributed by atoms with Gasteiger partial charge in [0.05, 0.1) is 0 Å². The highest BCUT2D eigenvalue weighted by Crippen LogP contribution is 1.98. The summed E-state index contributed by atoms with van der Waals surface area (Å²) in [5.74, 6) is -1.64. The van der Waals surface area contributed by atoms with Gasteiger partial charge in [-0.25, -0.2) is 0 Å². The van der Waals surface area contributed by atoms with Crippen LogP contribution in [0.1, 0.15) is 0 Å². The van der Waals surface area contributed by atoms with E-state index in [1.165, 1.54) is 0 Å². The van der Waals surface area contributed by atoms with Gasteiger partial charge < -0.3 is 5.11 Å². The van der Waals surface area contributed by atoms with E-state index in [0.717, 1.165) is 0 Å². The van der Waals surface area contributed by atoms with Crippen LogP contribution in [0.5, 0.6) is 0 Å². The Kier molecular flexibility index (Phi) is 2.56. The minimum Gasteiger partial charge on any atom is -0.480 e. The molecule has 0 amide bonds. The minimum atomic E-state index is -4.53. The maximum absolute atomic E-state index is 10.1. The standard InChI is InChI=1S/C4H6O5S/c1-2-3(4(5)6)10(7,8)9/h2-3H,1H2,(H,5,6)(H,7,8,9). The molecule has 5 nitrogen and oxygen atoms in total. The van der Waals surface area contributed by atoms with Crippen molar-refractivity contribution < 1.29 is 22.9 Å². The Hall–Kier alpha value is -0.880. The Bertz CT molecular complexity index is 238. The van der Waals surface area contributed by atoms with Crippen molar-refractivity contribution in [1.82, 2.24) is 0 Å². The molecule has 6 heteroatoms. The van der Waals surface area contributed by atoms with E-state index in [-0.39, 0.29) is 0 Å². The molecule has 0 aliphatic carbocycles. The molecule has 10 heavy (non-hydrogen) atoms. The molecule has 0 saturated heterocycles. The topological polar surface area (TPSA) is 91.7 Å². The smallest absolute Gasteiger partial charge is 0.328 e. The lowest BCUT2D eigenvalue weighted by Crippen LogP contribution is -2.26. The summed E-state index contributed by atoms with van der Waals surface area (Å²) in [7, 11) is -4.53. The Morgan fingerprint density at radius 1 is 1.60 bits per heavy atom. The van der Waals surface area contributed by atoms with Crippen LogP contribution < -0.4 is 0 Å². The molecule has 0 spiro atoms. The minimum absolute atomic E-state index is 0.637.